The van der Waals surface area contributed by atoms with Crippen LogP contribution in [-0.2, 0) is 30.3 Å². The van der Waals surface area contributed by atoms with Gasteiger partial charge in [-0.2, -0.15) is 0 Å². The average Bonchev–Trinajstić information content (AvgIpc) is 3.47. The monoisotopic (exact) mass is 659 g/mol. The first-order valence-corrected chi connectivity index (χ1v) is 15.7. The van der Waals surface area contributed by atoms with Crippen LogP contribution in [-0.4, -0.2) is 96.9 Å². The molecule has 48 heavy (non-hydrogen) atoms. The number of esters is 2. The van der Waals surface area contributed by atoms with E-state index in [0.29, 0.717) is 0 Å². The maximum Gasteiger partial charge on any atom is 0.349 e. The molecule has 12 heteroatoms. The van der Waals surface area contributed by atoms with Gasteiger partial charge in [-0.15, -0.1) is 0 Å². The number of para-hydroxylation sites is 1. The molecule has 3 N–H and O–H groups in total. The number of nitrogens with zero attached hydrogens (tertiary/aromatic N) is 2. The lowest BCUT2D eigenvalue weighted by atomic mass is 9.96. The second-order valence-corrected chi connectivity index (χ2v) is 12.0. The lowest BCUT2D eigenvalue weighted by Crippen LogP contribution is -2.45. The van der Waals surface area contributed by atoms with Crippen molar-refractivity contribution < 1.29 is 43.7 Å². The van der Waals surface area contributed by atoms with E-state index in [2.05, 4.69) is 46.4 Å². The van der Waals surface area contributed by atoms with E-state index in [1.165, 1.54) is 35.5 Å². The molecule has 0 saturated carbocycles. The fourth-order valence-electron chi connectivity index (χ4n) is 5.37. The number of aryl methyl sites for hydroxylation is 2. The van der Waals surface area contributed by atoms with Crippen LogP contribution in [0.15, 0.2) is 72.8 Å². The van der Waals surface area contributed by atoms with E-state index in [-0.39, 0.29) is 23.0 Å². The van der Waals surface area contributed by atoms with E-state index in [0.717, 1.165) is 56.7 Å². The first-order chi connectivity index (χ1) is 22.9. The van der Waals surface area contributed by atoms with Crippen LogP contribution in [0.25, 0.3) is 0 Å². The highest BCUT2D eigenvalue weighted by atomic mass is 16.6. The van der Waals surface area contributed by atoms with Crippen molar-refractivity contribution in [1.29, 1.82) is 0 Å². The van der Waals surface area contributed by atoms with Gasteiger partial charge in [0.25, 0.3) is 0 Å². The Labute approximate surface area is 279 Å². The first kappa shape index (κ1) is 35.6. The molecule has 3 aromatic rings. The average molecular weight is 660 g/mol. The summed E-state index contributed by atoms with van der Waals surface area (Å²) < 4.78 is 9.64. The van der Waals surface area contributed by atoms with Crippen molar-refractivity contribution in [2.24, 2.45) is 5.92 Å². The van der Waals surface area contributed by atoms with Gasteiger partial charge in [0.15, 0.2) is 0 Å². The van der Waals surface area contributed by atoms with Crippen LogP contribution in [0, 0.1) is 19.8 Å². The molecule has 0 spiro atoms. The fraction of sp³-hybridized carbons (Fsp3) is 0.361. The molecule has 0 bridgehead atoms. The highest BCUT2D eigenvalue weighted by molar-refractivity contribution is 5.95. The van der Waals surface area contributed by atoms with Crippen molar-refractivity contribution in [3.05, 3.63) is 101 Å². The van der Waals surface area contributed by atoms with Crippen molar-refractivity contribution in [3.63, 3.8) is 0 Å². The number of benzene rings is 3. The van der Waals surface area contributed by atoms with Crippen LogP contribution in [0.1, 0.15) is 43.8 Å². The Morgan fingerprint density at radius 3 is 1.69 bits per heavy atom. The van der Waals surface area contributed by atoms with Gasteiger partial charge in [-0.25, -0.2) is 19.2 Å². The quantitative estimate of drug-likeness (QED) is 0.274. The SMILES string of the molecule is CN1CCN(c2ccccc2C[C@@H]2CCNC2=O)CC1.Cc1ccc(C(=O)O[C@H](C(=O)O)[C@H](OC(=O)c2ccc(C)cc2)C(=O)O)cc1. The van der Waals surface area contributed by atoms with Crippen molar-refractivity contribution in [2.45, 2.75) is 38.9 Å². The molecule has 0 aromatic heterocycles. The Morgan fingerprint density at radius 1 is 0.771 bits per heavy atom. The third kappa shape index (κ3) is 9.64. The predicted octanol–water partition coefficient (Wildman–Crippen LogP) is 3.34. The molecule has 0 radical (unpaired) electrons. The number of ether oxygens (including phenoxy) is 2. The van der Waals surface area contributed by atoms with E-state index in [1.807, 2.05) is 0 Å². The molecule has 0 unspecified atom stereocenters. The van der Waals surface area contributed by atoms with E-state index in [4.69, 9.17) is 9.47 Å². The second-order valence-electron chi connectivity index (χ2n) is 12.0. The Bertz CT molecular complexity index is 1520. The molecule has 3 atom stereocenters. The molecule has 3 aromatic carbocycles. The van der Waals surface area contributed by atoms with Crippen LogP contribution in [0.2, 0.25) is 0 Å². The third-order valence-corrected chi connectivity index (χ3v) is 8.27. The van der Waals surface area contributed by atoms with Gasteiger partial charge >= 0.3 is 23.9 Å². The van der Waals surface area contributed by atoms with Gasteiger partial charge in [-0.1, -0.05) is 53.6 Å². The van der Waals surface area contributed by atoms with E-state index >= 15 is 0 Å². The van der Waals surface area contributed by atoms with Crippen LogP contribution < -0.4 is 10.2 Å². The summed E-state index contributed by atoms with van der Waals surface area (Å²) in [6, 6.07) is 20.6. The summed E-state index contributed by atoms with van der Waals surface area (Å²) in [5.74, 6) is -5.24. The van der Waals surface area contributed by atoms with Gasteiger partial charge in [0.1, 0.15) is 0 Å². The van der Waals surface area contributed by atoms with E-state index < -0.39 is 36.1 Å². The standard InChI is InChI=1S/C20H18O8.C16H23N3O/c1-11-3-7-13(8-4-11)19(25)27-15(17(21)22)16(18(23)24)28-20(26)14-9-5-12(2)6-10-14;1-18-8-10-19(11-9-18)15-5-3-2-4-13(15)12-14-6-7-17-16(14)20/h3-10,15-16H,1-2H3,(H,21,22)(H,23,24);2-5,14H,6-12H2,1H3,(H,17,20)/t15-,16-;14-/m00/s1. The van der Waals surface area contributed by atoms with Crippen LogP contribution >= 0.6 is 0 Å². The zero-order valence-electron chi connectivity index (χ0n) is 27.3. The summed E-state index contributed by atoms with van der Waals surface area (Å²) >= 11 is 0. The molecule has 1 amide bonds. The van der Waals surface area contributed by atoms with Crippen molar-refractivity contribution in [2.75, 3.05) is 44.7 Å². The molecule has 0 aliphatic carbocycles. The zero-order valence-corrected chi connectivity index (χ0v) is 27.3. The van der Waals surface area contributed by atoms with Gasteiger partial charge in [-0.05, 0) is 69.6 Å². The minimum absolute atomic E-state index is 0.0332. The number of nitrogens with one attached hydrogen (secondary N) is 1. The number of hydrogen-bond acceptors (Lipinski definition) is 9. The van der Waals surface area contributed by atoms with E-state index in [1.54, 1.807) is 38.1 Å². The number of aliphatic carboxylic acids is 2. The summed E-state index contributed by atoms with van der Waals surface area (Å²) in [7, 11) is 2.17. The number of anilines is 1. The number of carboxylic acid groups (broad SMARTS) is 2. The molecule has 5 rings (SSSR count). The van der Waals surface area contributed by atoms with Crippen molar-refractivity contribution >= 4 is 35.5 Å². The van der Waals surface area contributed by atoms with E-state index in [9.17, 15) is 34.2 Å². The Balaban J connectivity index is 0.000000228. The maximum absolute atomic E-state index is 12.2. The number of carbonyl (C=O) groups is 5. The first-order valence-electron chi connectivity index (χ1n) is 15.7. The molecular formula is C36H41N3O9. The van der Waals surface area contributed by atoms with Gasteiger partial charge in [0.2, 0.25) is 18.1 Å². The molecular weight excluding hydrogens is 618 g/mol. The molecule has 2 aliphatic heterocycles. The molecule has 2 saturated heterocycles. The number of hydrogen-bond donors (Lipinski definition) is 3. The number of rotatable bonds is 10. The third-order valence-electron chi connectivity index (χ3n) is 8.27. The Kier molecular flexibility index (Phi) is 12.3. The molecule has 2 aliphatic rings. The van der Waals surface area contributed by atoms with Gasteiger partial charge < -0.3 is 34.8 Å². The Morgan fingerprint density at radius 2 is 1.25 bits per heavy atom. The lowest BCUT2D eigenvalue weighted by Gasteiger charge is -2.35. The summed E-state index contributed by atoms with van der Waals surface area (Å²) in [6.07, 6.45) is -2.61. The molecule has 254 valence electrons. The minimum Gasteiger partial charge on any atom is -0.478 e. The van der Waals surface area contributed by atoms with Crippen LogP contribution in [0.5, 0.6) is 0 Å². The van der Waals surface area contributed by atoms with Gasteiger partial charge in [-0.3, -0.25) is 4.79 Å². The number of piperazine rings is 1. The molecule has 12 nitrogen and oxygen atoms in total. The summed E-state index contributed by atoms with van der Waals surface area (Å²) in [4.78, 5) is 63.9. The van der Waals surface area contributed by atoms with Crippen molar-refractivity contribution in [1.82, 2.24) is 10.2 Å². The number of likely N-dealkylation sites (N-methyl/N-ethyl adjacent to an activating group) is 1. The van der Waals surface area contributed by atoms with Crippen molar-refractivity contribution in [3.8, 4) is 0 Å². The summed E-state index contributed by atoms with van der Waals surface area (Å²) in [5.41, 5.74) is 4.43. The zero-order chi connectivity index (χ0) is 34.8. The number of carbonyl (C=O) groups excluding carboxylic acids is 3. The smallest absolute Gasteiger partial charge is 0.349 e. The van der Waals surface area contributed by atoms with Gasteiger partial charge in [0, 0.05) is 44.3 Å². The fourth-order valence-corrected chi connectivity index (χ4v) is 5.37. The Hall–Kier alpha value is -5.23. The van der Waals surface area contributed by atoms with Crippen LogP contribution in [0.3, 0.4) is 0 Å². The maximum atomic E-state index is 12.2. The number of carboxylic acids is 2. The second kappa shape index (κ2) is 16.6. The largest absolute Gasteiger partial charge is 0.478 e. The topological polar surface area (TPSA) is 163 Å². The minimum atomic E-state index is -2.22. The number of amides is 1. The molecule has 2 fully saturated rings. The normalized spacial score (nSPS) is 17.3. The van der Waals surface area contributed by atoms with Gasteiger partial charge in [0.05, 0.1) is 11.1 Å². The van der Waals surface area contributed by atoms with Crippen LogP contribution in [0.4, 0.5) is 5.69 Å². The summed E-state index contributed by atoms with van der Waals surface area (Å²) in [6.45, 7) is 8.78. The highest BCUT2D eigenvalue weighted by Gasteiger charge is 2.41. The predicted molar refractivity (Wildman–Crippen MR) is 177 cm³/mol. The highest BCUT2D eigenvalue weighted by Crippen LogP contribution is 2.26. The molecule has 2 heterocycles. The lowest BCUT2D eigenvalue weighted by molar-refractivity contribution is -0.166. The summed E-state index contributed by atoms with van der Waals surface area (Å²) in [5, 5.41) is 21.6.